The molecule has 4 aromatic rings. The first-order chi connectivity index (χ1) is 20.5. The van der Waals surface area contributed by atoms with E-state index in [1.807, 2.05) is 0 Å². The van der Waals surface area contributed by atoms with Crippen LogP contribution in [0.3, 0.4) is 0 Å². The van der Waals surface area contributed by atoms with Crippen molar-refractivity contribution in [2.75, 3.05) is 11.9 Å². The molecule has 0 fully saturated rings. The number of nitrogens with one attached hydrogen (secondary N) is 1. The third kappa shape index (κ3) is 5.37. The molecular weight excluding hydrogens is 574 g/mol. The summed E-state index contributed by atoms with van der Waals surface area (Å²) in [7, 11) is 46.2. The normalized spacial score (nSPS) is 15.9. The summed E-state index contributed by atoms with van der Waals surface area (Å²) in [6, 6.07) is 5.55. The number of benzene rings is 1. The Hall–Kier alpha value is -3.47. The van der Waals surface area contributed by atoms with Crippen molar-refractivity contribution in [3.05, 3.63) is 64.3 Å². The summed E-state index contributed by atoms with van der Waals surface area (Å²) in [5.74, 6) is -0.542. The molecule has 0 aliphatic carbocycles. The van der Waals surface area contributed by atoms with Gasteiger partial charge >= 0.3 is 6.09 Å². The maximum absolute atomic E-state index is 14.7. The highest BCUT2D eigenvalue weighted by Crippen LogP contribution is 2.47. The van der Waals surface area contributed by atoms with Gasteiger partial charge in [0.25, 0.3) is 0 Å². The van der Waals surface area contributed by atoms with E-state index in [4.69, 9.17) is 76.0 Å². The molecule has 1 aromatic carbocycles. The van der Waals surface area contributed by atoms with E-state index in [-0.39, 0.29) is 45.7 Å². The van der Waals surface area contributed by atoms with E-state index >= 15 is 0 Å². The lowest BCUT2D eigenvalue weighted by atomic mass is 9.26. The molecule has 5 rings (SSSR count). The highest BCUT2D eigenvalue weighted by molar-refractivity contribution is 6.66. The van der Waals surface area contributed by atoms with Gasteiger partial charge < -0.3 is 9.47 Å². The highest BCUT2D eigenvalue weighted by atomic mass is 35.5. The van der Waals surface area contributed by atoms with E-state index in [9.17, 15) is 9.18 Å². The lowest BCUT2D eigenvalue weighted by Crippen LogP contribution is -2.49. The van der Waals surface area contributed by atoms with Crippen molar-refractivity contribution in [1.82, 2.24) is 24.5 Å². The Morgan fingerprint density at radius 2 is 1.91 bits per heavy atom. The molecule has 1 amide bonds. The number of rotatable bonds is 4. The average Bonchev–Trinajstić information content (AvgIpc) is 3.49. The standard InChI is InChI=1S/C26H19B7ClFN6O3/c1-4-43-23(42)37-22-17-7-12(9-36-22)20-18(21(34)39-41(20)26(32,33)25(29,30)31)24(27,28)16-10-40(3)38-19(16)14-6-5-13(35)8-15(14)11(2)44-17/h5-11H,4H2,1-3H3,(H,36,37,42)/t11-/m1/s1. The number of carbonyl (C=O) groups excluding carboxylic acids is 1. The van der Waals surface area contributed by atoms with Crippen molar-refractivity contribution in [3.8, 4) is 28.3 Å². The van der Waals surface area contributed by atoms with Crippen LogP contribution >= 0.6 is 11.6 Å². The SMILES string of the molecule is [B]C1([B])c2cn(C)nc2-c2ccc(F)cc2[C@@H](C)Oc2cc(cnc2NC(=O)OCC)-c2c1c(Cl)nn2C([B])([B])C([B])([B])[B]. The second-order valence-electron chi connectivity index (χ2n) is 10.5. The number of nitrogens with zero attached hydrogens (tertiary/aromatic N) is 5. The van der Waals surface area contributed by atoms with Crippen LogP contribution in [-0.2, 0) is 22.3 Å². The lowest BCUT2D eigenvalue weighted by molar-refractivity contribution is 0.167. The number of hydrogen-bond donors (Lipinski definition) is 1. The molecule has 0 saturated carbocycles. The Morgan fingerprint density at radius 1 is 1.20 bits per heavy atom. The average molecular weight is 594 g/mol. The van der Waals surface area contributed by atoms with E-state index in [1.54, 1.807) is 27.1 Å². The fourth-order valence-electron chi connectivity index (χ4n) is 4.96. The minimum Gasteiger partial charge on any atom is -0.482 e. The smallest absolute Gasteiger partial charge is 0.412 e. The van der Waals surface area contributed by atoms with Gasteiger partial charge in [0.05, 0.1) is 72.9 Å². The molecule has 44 heavy (non-hydrogen) atoms. The molecule has 9 nitrogen and oxygen atoms in total. The van der Waals surface area contributed by atoms with Crippen molar-refractivity contribution in [2.45, 2.75) is 35.6 Å². The molecule has 1 aliphatic rings. The van der Waals surface area contributed by atoms with E-state index in [1.165, 1.54) is 35.1 Å². The van der Waals surface area contributed by atoms with Crippen molar-refractivity contribution in [2.24, 2.45) is 7.05 Å². The van der Waals surface area contributed by atoms with Crippen LogP contribution in [-0.4, -0.2) is 92.2 Å². The number of carbonyl (C=O) groups is 1. The quantitative estimate of drug-likeness (QED) is 0.365. The van der Waals surface area contributed by atoms with Crippen molar-refractivity contribution in [1.29, 1.82) is 0 Å². The van der Waals surface area contributed by atoms with E-state index in [0.717, 1.165) is 4.68 Å². The Labute approximate surface area is 268 Å². The van der Waals surface area contributed by atoms with Crippen LogP contribution in [0.4, 0.5) is 15.0 Å². The lowest BCUT2D eigenvalue weighted by Gasteiger charge is -2.43. The first-order valence-electron chi connectivity index (χ1n) is 13.2. The summed E-state index contributed by atoms with van der Waals surface area (Å²) >= 11 is 6.73. The molecule has 0 saturated heterocycles. The van der Waals surface area contributed by atoms with E-state index < -0.39 is 33.7 Å². The van der Waals surface area contributed by atoms with E-state index in [0.29, 0.717) is 16.8 Å². The molecule has 3 aromatic heterocycles. The molecule has 18 heteroatoms. The maximum atomic E-state index is 14.7. The van der Waals surface area contributed by atoms with Crippen LogP contribution in [0.1, 0.15) is 36.6 Å². The highest BCUT2D eigenvalue weighted by Gasteiger charge is 2.41. The van der Waals surface area contributed by atoms with Gasteiger partial charge in [-0.25, -0.2) is 14.2 Å². The summed E-state index contributed by atoms with van der Waals surface area (Å²) in [6.45, 7) is 3.41. The molecule has 206 valence electrons. The number of aromatic nitrogens is 5. The van der Waals surface area contributed by atoms with Crippen LogP contribution in [0.15, 0.2) is 36.7 Å². The van der Waals surface area contributed by atoms with Gasteiger partial charge in [-0.05, 0) is 54.2 Å². The van der Waals surface area contributed by atoms with Gasteiger partial charge in [0.15, 0.2) is 16.7 Å². The van der Waals surface area contributed by atoms with Crippen LogP contribution in [0.25, 0.3) is 22.5 Å². The summed E-state index contributed by atoms with van der Waals surface area (Å²) in [5.41, 5.74) is 1.64. The number of hydrogen-bond acceptors (Lipinski definition) is 6. The second kappa shape index (κ2) is 11.2. The first-order valence-corrected chi connectivity index (χ1v) is 13.6. The van der Waals surface area contributed by atoms with Crippen molar-refractivity contribution in [3.63, 3.8) is 0 Å². The van der Waals surface area contributed by atoms with E-state index in [2.05, 4.69) is 20.5 Å². The second-order valence-corrected chi connectivity index (χ2v) is 10.9. The zero-order valence-electron chi connectivity index (χ0n) is 24.0. The largest absolute Gasteiger partial charge is 0.482 e. The third-order valence-corrected chi connectivity index (χ3v) is 7.47. The maximum Gasteiger partial charge on any atom is 0.412 e. The Bertz CT molecular complexity index is 1780. The fourth-order valence-corrected chi connectivity index (χ4v) is 5.28. The fraction of sp³-hybridized carbons (Fsp3) is 0.308. The van der Waals surface area contributed by atoms with Gasteiger partial charge in [0, 0.05) is 41.7 Å². The summed E-state index contributed by atoms with van der Waals surface area (Å²) in [6.07, 6.45) is 1.27. The van der Waals surface area contributed by atoms with Crippen molar-refractivity contribution < 1.29 is 18.7 Å². The Morgan fingerprint density at radius 3 is 2.57 bits per heavy atom. The molecule has 1 atom stereocenters. The Kier molecular flexibility index (Phi) is 8.10. The van der Waals surface area contributed by atoms with Gasteiger partial charge in [0.2, 0.25) is 0 Å². The number of halogens is 2. The third-order valence-electron chi connectivity index (χ3n) is 7.21. The molecule has 4 heterocycles. The molecule has 2 bridgehead atoms. The minimum absolute atomic E-state index is 0.00840. The summed E-state index contributed by atoms with van der Waals surface area (Å²) in [5, 5.41) is 4.72. The molecular formula is C26H19B7ClFN6O3. The van der Waals surface area contributed by atoms with Gasteiger partial charge in [-0.15, -0.1) is 5.11 Å². The molecule has 14 radical (unpaired) electrons. The topological polar surface area (TPSA) is 96.1 Å². The predicted molar refractivity (Wildman–Crippen MR) is 170 cm³/mol. The van der Waals surface area contributed by atoms with Crippen LogP contribution in [0.5, 0.6) is 5.75 Å². The molecule has 0 unspecified atom stereocenters. The number of fused-ring (bicyclic) bond motifs is 7. The van der Waals surface area contributed by atoms with Crippen molar-refractivity contribution >= 4 is 78.4 Å². The summed E-state index contributed by atoms with van der Waals surface area (Å²) in [4.78, 5) is 16.8. The van der Waals surface area contributed by atoms with Crippen LogP contribution in [0, 0.1) is 5.82 Å². The number of anilines is 1. The van der Waals surface area contributed by atoms with Gasteiger partial charge in [-0.3, -0.25) is 14.7 Å². The predicted octanol–water partition coefficient (Wildman–Crippen LogP) is 2.22. The minimum atomic E-state index is -2.28. The molecule has 0 spiro atoms. The van der Waals surface area contributed by atoms with Crippen LogP contribution < -0.4 is 10.1 Å². The number of ether oxygens (including phenoxy) is 2. The molecule has 1 N–H and O–H groups in total. The zero-order chi connectivity index (χ0) is 32.4. The number of amides is 1. The Balaban J connectivity index is 1.91. The van der Waals surface area contributed by atoms with Gasteiger partial charge in [-0.1, -0.05) is 11.6 Å². The first kappa shape index (κ1) is 31.9. The summed E-state index contributed by atoms with van der Waals surface area (Å²) < 4.78 is 28.5. The molecule has 1 aliphatic heterocycles. The zero-order valence-corrected chi connectivity index (χ0v) is 24.8. The number of aryl methyl sites for hydroxylation is 1. The van der Waals surface area contributed by atoms with Gasteiger partial charge in [0.1, 0.15) is 11.9 Å². The monoisotopic (exact) mass is 594 g/mol. The number of pyridine rings is 1. The van der Waals surface area contributed by atoms with Crippen LogP contribution in [0.2, 0.25) is 10.3 Å². The van der Waals surface area contributed by atoms with Gasteiger partial charge in [-0.2, -0.15) is 10.2 Å².